The number of carbonyl (C=O) groups excluding carboxylic acids is 1. The summed E-state index contributed by atoms with van der Waals surface area (Å²) < 4.78 is 39.4. The fourth-order valence-corrected chi connectivity index (χ4v) is 5.16. The summed E-state index contributed by atoms with van der Waals surface area (Å²) in [6.07, 6.45) is -19.2. The molecule has 3 aliphatic heterocycles. The van der Waals surface area contributed by atoms with Gasteiger partial charge in [0.05, 0.1) is 19.8 Å². The topological polar surface area (TPSA) is 256 Å². The van der Waals surface area contributed by atoms with Gasteiger partial charge < -0.3 is 79.3 Å². The molecule has 246 valence electrons. The minimum atomic E-state index is -1.83. The van der Waals surface area contributed by atoms with Crippen LogP contribution in [0.25, 0.3) is 0 Å². The summed E-state index contributed by atoms with van der Waals surface area (Å²) >= 11 is 0. The van der Waals surface area contributed by atoms with E-state index in [9.17, 15) is 45.6 Å². The first-order chi connectivity index (χ1) is 20.0. The van der Waals surface area contributed by atoms with Gasteiger partial charge in [-0.15, -0.1) is 0 Å². The summed E-state index contributed by atoms with van der Waals surface area (Å²) in [5, 5.41) is 85.8. The van der Waals surface area contributed by atoms with Gasteiger partial charge in [0, 0.05) is 20.6 Å². The molecule has 1 amide bonds. The molecule has 3 rings (SSSR count). The van der Waals surface area contributed by atoms with Crippen LogP contribution in [0, 0.1) is 0 Å². The zero-order chi connectivity index (χ0) is 31.1. The molecule has 17 heteroatoms. The number of ether oxygens (including phenoxy) is 7. The average Bonchev–Trinajstić information content (AvgIpc) is 2.96. The van der Waals surface area contributed by atoms with E-state index in [0.29, 0.717) is 6.42 Å². The Morgan fingerprint density at radius 1 is 0.714 bits per heavy atom. The van der Waals surface area contributed by atoms with Crippen LogP contribution in [-0.4, -0.2) is 172 Å². The van der Waals surface area contributed by atoms with Crippen molar-refractivity contribution in [1.82, 2.24) is 5.32 Å². The number of methoxy groups -OCH3 is 1. The molecule has 0 spiro atoms. The number of carbonyl (C=O) groups is 1. The Kier molecular flexibility index (Phi) is 13.7. The molecule has 9 N–H and O–H groups in total. The van der Waals surface area contributed by atoms with Crippen molar-refractivity contribution in [1.29, 1.82) is 0 Å². The molecule has 3 fully saturated rings. The van der Waals surface area contributed by atoms with E-state index in [1.165, 1.54) is 14.0 Å². The summed E-state index contributed by atoms with van der Waals surface area (Å²) in [6, 6.07) is -1.14. The Labute approximate surface area is 242 Å². The van der Waals surface area contributed by atoms with Crippen molar-refractivity contribution in [2.45, 2.75) is 119 Å². The van der Waals surface area contributed by atoms with Crippen molar-refractivity contribution < 1.29 is 78.8 Å². The summed E-state index contributed by atoms with van der Waals surface area (Å²) in [7, 11) is 1.20. The number of nitrogens with one attached hydrogen (secondary N) is 1. The molecule has 0 radical (unpaired) electrons. The molecule has 3 aliphatic rings. The van der Waals surface area contributed by atoms with Crippen LogP contribution in [0.5, 0.6) is 0 Å². The van der Waals surface area contributed by atoms with Crippen molar-refractivity contribution in [2.24, 2.45) is 0 Å². The monoisotopic (exact) mass is 615 g/mol. The second-order valence-electron chi connectivity index (χ2n) is 10.5. The van der Waals surface area contributed by atoms with Crippen molar-refractivity contribution >= 4 is 5.91 Å². The second kappa shape index (κ2) is 16.3. The zero-order valence-electron chi connectivity index (χ0n) is 23.7. The lowest BCUT2D eigenvalue weighted by molar-refractivity contribution is -0.377. The average molecular weight is 616 g/mol. The third-order valence-electron chi connectivity index (χ3n) is 7.50. The molecule has 3 saturated heterocycles. The van der Waals surface area contributed by atoms with Crippen LogP contribution in [0.2, 0.25) is 0 Å². The summed E-state index contributed by atoms with van der Waals surface area (Å²) in [4.78, 5) is 11.9. The lowest BCUT2D eigenvalue weighted by atomic mass is 9.95. The molecule has 42 heavy (non-hydrogen) atoms. The van der Waals surface area contributed by atoms with Crippen molar-refractivity contribution in [3.8, 4) is 0 Å². The van der Waals surface area contributed by atoms with Gasteiger partial charge in [-0.25, -0.2) is 0 Å². The third-order valence-corrected chi connectivity index (χ3v) is 7.50. The van der Waals surface area contributed by atoms with Crippen LogP contribution in [0.3, 0.4) is 0 Å². The van der Waals surface area contributed by atoms with Gasteiger partial charge in [0.2, 0.25) is 5.91 Å². The molecule has 0 aromatic carbocycles. The molecular formula is C25H45NO16. The van der Waals surface area contributed by atoms with E-state index in [0.717, 1.165) is 6.42 Å². The van der Waals surface area contributed by atoms with Gasteiger partial charge in [-0.1, -0.05) is 13.3 Å². The zero-order valence-corrected chi connectivity index (χ0v) is 23.7. The van der Waals surface area contributed by atoms with Gasteiger partial charge in [-0.2, -0.15) is 0 Å². The van der Waals surface area contributed by atoms with Crippen LogP contribution in [0.4, 0.5) is 0 Å². The van der Waals surface area contributed by atoms with E-state index >= 15 is 0 Å². The maximum atomic E-state index is 11.9. The summed E-state index contributed by atoms with van der Waals surface area (Å²) in [6.45, 7) is 1.31. The molecule has 0 aromatic heterocycles. The minimum Gasteiger partial charge on any atom is -0.394 e. The van der Waals surface area contributed by atoms with Crippen LogP contribution < -0.4 is 5.32 Å². The van der Waals surface area contributed by atoms with Gasteiger partial charge >= 0.3 is 0 Å². The quantitative estimate of drug-likeness (QED) is 0.0880. The number of aliphatic hydroxyl groups is 8. The van der Waals surface area contributed by atoms with Gasteiger partial charge in [0.15, 0.2) is 18.9 Å². The van der Waals surface area contributed by atoms with E-state index in [4.69, 9.17) is 33.2 Å². The highest BCUT2D eigenvalue weighted by atomic mass is 16.8. The Bertz CT molecular complexity index is 825. The van der Waals surface area contributed by atoms with Crippen molar-refractivity contribution in [3.63, 3.8) is 0 Å². The molecule has 0 aliphatic carbocycles. The smallest absolute Gasteiger partial charge is 0.217 e. The number of hydrogen-bond acceptors (Lipinski definition) is 16. The standard InChI is InChI=1S/C25H45NO16/c1-4-5-6-37-23-14(26-10(2)30)17(33)20(13(9-29)40-23)41-24-19(35)21(16(32)12(8-28)38-24)42-25-22(36-3)18(34)15(31)11(7-27)39-25/h11-25,27-29,31-35H,4-9H2,1-3H3,(H,26,30)/t11?,12?,13?,14?,15-,16-,17?,18?,19?,20+,21?,22?,23+,24-,25+/m0/s1. The van der Waals surface area contributed by atoms with Gasteiger partial charge in [0.25, 0.3) is 0 Å². The Morgan fingerprint density at radius 2 is 1.29 bits per heavy atom. The molecule has 15 atom stereocenters. The number of amides is 1. The van der Waals surface area contributed by atoms with Crippen LogP contribution in [0.15, 0.2) is 0 Å². The summed E-state index contributed by atoms with van der Waals surface area (Å²) in [5.74, 6) is -0.507. The maximum Gasteiger partial charge on any atom is 0.217 e. The second-order valence-corrected chi connectivity index (χ2v) is 10.5. The Hall–Kier alpha value is -1.13. The first-order valence-electron chi connectivity index (χ1n) is 13.9. The fraction of sp³-hybridized carbons (Fsp3) is 0.960. The molecule has 9 unspecified atom stereocenters. The van der Waals surface area contributed by atoms with Crippen LogP contribution >= 0.6 is 0 Å². The number of rotatable bonds is 13. The van der Waals surface area contributed by atoms with Crippen molar-refractivity contribution in [3.05, 3.63) is 0 Å². The van der Waals surface area contributed by atoms with E-state index in [1.54, 1.807) is 0 Å². The highest BCUT2D eigenvalue weighted by molar-refractivity contribution is 5.73. The van der Waals surface area contributed by atoms with Gasteiger partial charge in [0.1, 0.15) is 73.2 Å². The van der Waals surface area contributed by atoms with E-state index in [1.807, 2.05) is 6.92 Å². The lowest BCUT2D eigenvalue weighted by Crippen LogP contribution is -2.68. The first kappa shape index (κ1) is 35.4. The number of hydrogen-bond donors (Lipinski definition) is 9. The molecule has 0 aromatic rings. The van der Waals surface area contributed by atoms with E-state index in [-0.39, 0.29) is 6.61 Å². The molecule has 0 bridgehead atoms. The van der Waals surface area contributed by atoms with Crippen molar-refractivity contribution in [2.75, 3.05) is 33.5 Å². The third kappa shape index (κ3) is 7.92. The lowest BCUT2D eigenvalue weighted by Gasteiger charge is -2.49. The number of aliphatic hydroxyl groups excluding tert-OH is 8. The highest BCUT2D eigenvalue weighted by Gasteiger charge is 2.54. The predicted octanol–water partition coefficient (Wildman–Crippen LogP) is -4.95. The molecule has 3 heterocycles. The Morgan fingerprint density at radius 3 is 1.86 bits per heavy atom. The molecular weight excluding hydrogens is 570 g/mol. The van der Waals surface area contributed by atoms with Gasteiger partial charge in [-0.3, -0.25) is 4.79 Å². The Balaban J connectivity index is 1.82. The minimum absolute atomic E-state index is 0.252. The maximum absolute atomic E-state index is 11.9. The highest BCUT2D eigenvalue weighted by Crippen LogP contribution is 2.33. The summed E-state index contributed by atoms with van der Waals surface area (Å²) in [5.41, 5.74) is 0. The SMILES string of the molecule is CCCCO[C@@H]1OC(CO)[C@@H](O[C@@H]2OC(CO)[C@H](O)C(O[C@H]3OC(CO)[C@H](O)C(O)C3OC)C2O)C(O)C1NC(C)=O. The normalized spacial score (nSPS) is 44.6. The van der Waals surface area contributed by atoms with Crippen LogP contribution in [-0.2, 0) is 38.0 Å². The molecule has 17 nitrogen and oxygen atoms in total. The molecule has 0 saturated carbocycles. The first-order valence-corrected chi connectivity index (χ1v) is 13.9. The number of unbranched alkanes of at least 4 members (excludes halogenated alkanes) is 1. The van der Waals surface area contributed by atoms with E-state index in [2.05, 4.69) is 5.32 Å². The predicted molar refractivity (Wildman–Crippen MR) is 136 cm³/mol. The largest absolute Gasteiger partial charge is 0.394 e. The van der Waals surface area contributed by atoms with Crippen LogP contribution in [0.1, 0.15) is 26.7 Å². The fourth-order valence-electron chi connectivity index (χ4n) is 5.16. The van der Waals surface area contributed by atoms with E-state index < -0.39 is 118 Å². The van der Waals surface area contributed by atoms with Gasteiger partial charge in [-0.05, 0) is 6.42 Å².